The first-order valence-corrected chi connectivity index (χ1v) is 16.4. The summed E-state index contributed by atoms with van der Waals surface area (Å²) in [6.45, 7) is 13.3. The van der Waals surface area contributed by atoms with E-state index in [1.54, 1.807) is 0 Å². The van der Waals surface area contributed by atoms with Crippen molar-refractivity contribution in [3.63, 3.8) is 0 Å². The fourth-order valence-corrected chi connectivity index (χ4v) is 9.33. The van der Waals surface area contributed by atoms with Crippen LogP contribution in [0, 0.1) is 0 Å². The molecule has 220 valence electrons. The van der Waals surface area contributed by atoms with Gasteiger partial charge in [-0.1, -0.05) is 0 Å². The number of halogens is 2. The Bertz CT molecular complexity index is 475. The van der Waals surface area contributed by atoms with Crippen LogP contribution in [-0.2, 0) is 18.9 Å². The van der Waals surface area contributed by atoms with Crippen LogP contribution in [0.15, 0.2) is 0 Å². The van der Waals surface area contributed by atoms with E-state index in [0.29, 0.717) is 52.9 Å². The van der Waals surface area contributed by atoms with E-state index in [1.807, 2.05) is 0 Å². The summed E-state index contributed by atoms with van der Waals surface area (Å²) in [6, 6.07) is 0. The number of rotatable bonds is 6. The molecule has 0 amide bonds. The topological polar surface area (TPSA) is 56.4 Å². The SMILES string of the molecule is CN(C)[P+](C)(N(C)C)N1CCOCCOCCN([P+](C)(N(C)C)N(C)C)CCOCCOCC1.[I-].[I-]. The molecule has 0 bridgehead atoms. The third-order valence-electron chi connectivity index (χ3n) is 6.82. The highest BCUT2D eigenvalue weighted by Gasteiger charge is 2.46. The average Bonchev–Trinajstić information content (AvgIpc) is 2.77. The summed E-state index contributed by atoms with van der Waals surface area (Å²) in [7, 11) is 14.0. The molecule has 0 aromatic heterocycles. The second kappa shape index (κ2) is 20.7. The normalized spacial score (nSPS) is 20.2. The van der Waals surface area contributed by atoms with Gasteiger partial charge >= 0.3 is 0 Å². The van der Waals surface area contributed by atoms with Crippen molar-refractivity contribution < 1.29 is 66.9 Å². The lowest BCUT2D eigenvalue weighted by atomic mass is 10.6. The average molecular weight is 782 g/mol. The van der Waals surface area contributed by atoms with Gasteiger partial charge in [-0.05, 0) is 0 Å². The lowest BCUT2D eigenvalue weighted by Gasteiger charge is -2.41. The largest absolute Gasteiger partial charge is 1.00 e. The predicted octanol–water partition coefficient (Wildman–Crippen LogP) is -4.29. The van der Waals surface area contributed by atoms with Gasteiger partial charge in [0, 0.05) is 56.4 Å². The molecule has 1 rings (SSSR count). The number of hydrogen-bond donors (Lipinski definition) is 0. The van der Waals surface area contributed by atoms with E-state index in [1.165, 1.54) is 0 Å². The summed E-state index contributed by atoms with van der Waals surface area (Å²) in [5.74, 6) is 0. The highest BCUT2D eigenvalue weighted by atomic mass is 127. The maximum absolute atomic E-state index is 5.96. The Morgan fingerprint density at radius 1 is 0.417 bits per heavy atom. The molecule has 1 heterocycles. The van der Waals surface area contributed by atoms with Crippen molar-refractivity contribution in [2.45, 2.75) is 0 Å². The maximum Gasteiger partial charge on any atom is 0.223 e. The predicted molar refractivity (Wildman–Crippen MR) is 147 cm³/mol. The zero-order valence-corrected chi connectivity index (χ0v) is 30.6. The van der Waals surface area contributed by atoms with Gasteiger partial charge < -0.3 is 66.9 Å². The molecular formula is C22H54I2N6O4P2. The van der Waals surface area contributed by atoms with Gasteiger partial charge in [0.05, 0.1) is 92.4 Å². The first-order valence-electron chi connectivity index (χ1n) is 12.2. The number of nitrogens with zero attached hydrogens (tertiary/aromatic N) is 6. The molecular weight excluding hydrogens is 728 g/mol. The van der Waals surface area contributed by atoms with Gasteiger partial charge in [0.1, 0.15) is 0 Å². The fraction of sp³-hybridized carbons (Fsp3) is 1.00. The van der Waals surface area contributed by atoms with Crippen molar-refractivity contribution >= 4 is 15.4 Å². The Morgan fingerprint density at radius 2 is 0.611 bits per heavy atom. The lowest BCUT2D eigenvalue weighted by molar-refractivity contribution is -0.001000. The Morgan fingerprint density at radius 3 is 0.778 bits per heavy atom. The Balaban J connectivity index is 0. The van der Waals surface area contributed by atoms with Gasteiger partial charge in [-0.3, -0.25) is 0 Å². The van der Waals surface area contributed by atoms with E-state index in [4.69, 9.17) is 18.9 Å². The minimum absolute atomic E-state index is 0. The van der Waals surface area contributed by atoms with Crippen LogP contribution in [0.5, 0.6) is 0 Å². The summed E-state index contributed by atoms with van der Waals surface area (Å²) >= 11 is 0. The van der Waals surface area contributed by atoms with Crippen molar-refractivity contribution in [2.24, 2.45) is 0 Å². The maximum atomic E-state index is 5.96. The molecule has 0 N–H and O–H groups in total. The number of hydrogen-bond acceptors (Lipinski definition) is 10. The molecule has 0 saturated carbocycles. The molecule has 1 fully saturated rings. The summed E-state index contributed by atoms with van der Waals surface area (Å²) in [4.78, 5) is 0. The lowest BCUT2D eigenvalue weighted by Crippen LogP contribution is -3.00. The van der Waals surface area contributed by atoms with Gasteiger partial charge in [-0.25, -0.2) is 0 Å². The van der Waals surface area contributed by atoms with Crippen LogP contribution in [0.3, 0.4) is 0 Å². The molecule has 0 radical (unpaired) electrons. The molecule has 0 atom stereocenters. The van der Waals surface area contributed by atoms with E-state index in [-0.39, 0.29) is 48.0 Å². The molecule has 0 unspecified atom stereocenters. The molecule has 1 aliphatic heterocycles. The second-order valence-electron chi connectivity index (χ2n) is 9.48. The van der Waals surface area contributed by atoms with Crippen molar-refractivity contribution in [2.75, 3.05) is 149 Å². The molecule has 0 aromatic carbocycles. The highest BCUT2D eigenvalue weighted by Crippen LogP contribution is 2.62. The minimum Gasteiger partial charge on any atom is -1.00 e. The third kappa shape index (κ3) is 12.2. The van der Waals surface area contributed by atoms with Gasteiger partial charge in [0.15, 0.2) is 0 Å². The van der Waals surface area contributed by atoms with Gasteiger partial charge in [-0.15, -0.1) is 9.34 Å². The van der Waals surface area contributed by atoms with E-state index >= 15 is 0 Å². The molecule has 0 aliphatic carbocycles. The molecule has 14 heteroatoms. The van der Waals surface area contributed by atoms with Crippen LogP contribution in [0.1, 0.15) is 0 Å². The Kier molecular flexibility index (Phi) is 23.1. The molecule has 0 aromatic rings. The molecule has 1 aliphatic rings. The van der Waals surface area contributed by atoms with E-state index in [2.05, 4.69) is 97.7 Å². The standard InChI is InChI=1S/C22H54N6O4P2.2HI/c1-23(2)33(9,24(3)4)27-11-15-29-19-21-31-17-13-28(34(10,25(5)6)26(7)8)14-18-32-22-20-30-16-12-27;;/h11-22H2,1-10H3;2*1H/q+2;;/p-2. The summed E-state index contributed by atoms with van der Waals surface area (Å²) < 4.78 is 38.3. The van der Waals surface area contributed by atoms with Crippen molar-refractivity contribution in [3.05, 3.63) is 0 Å². The van der Waals surface area contributed by atoms with Crippen LogP contribution in [0.25, 0.3) is 0 Å². The smallest absolute Gasteiger partial charge is 0.223 e. The van der Waals surface area contributed by atoms with E-state index in [9.17, 15) is 0 Å². The Labute approximate surface area is 257 Å². The van der Waals surface area contributed by atoms with Gasteiger partial charge in [-0.2, -0.15) is 18.7 Å². The Hall–Kier alpha value is 1.92. The third-order valence-corrected chi connectivity index (χ3v) is 15.8. The van der Waals surface area contributed by atoms with Crippen LogP contribution < -0.4 is 48.0 Å². The summed E-state index contributed by atoms with van der Waals surface area (Å²) in [6.07, 6.45) is 0. The summed E-state index contributed by atoms with van der Waals surface area (Å²) in [5, 5.41) is 0. The first kappa shape index (κ1) is 40.1. The summed E-state index contributed by atoms with van der Waals surface area (Å²) in [5.41, 5.74) is 0. The first-order chi connectivity index (χ1) is 16.0. The molecule has 1 saturated heterocycles. The van der Waals surface area contributed by atoms with Crippen molar-refractivity contribution in [3.8, 4) is 0 Å². The molecule has 0 spiro atoms. The van der Waals surface area contributed by atoms with E-state index < -0.39 is 15.4 Å². The fourth-order valence-electron chi connectivity index (χ4n) is 4.03. The quantitative estimate of drug-likeness (QED) is 0.196. The monoisotopic (exact) mass is 782 g/mol. The molecule has 36 heavy (non-hydrogen) atoms. The minimum atomic E-state index is -1.61. The van der Waals surface area contributed by atoms with Gasteiger partial charge in [0.2, 0.25) is 15.4 Å². The number of ether oxygens (including phenoxy) is 4. The van der Waals surface area contributed by atoms with E-state index in [0.717, 1.165) is 26.2 Å². The van der Waals surface area contributed by atoms with Crippen LogP contribution in [0.2, 0.25) is 0 Å². The van der Waals surface area contributed by atoms with Crippen molar-refractivity contribution in [1.29, 1.82) is 0 Å². The zero-order chi connectivity index (χ0) is 25.8. The van der Waals surface area contributed by atoms with Crippen LogP contribution in [0.4, 0.5) is 0 Å². The zero-order valence-electron chi connectivity index (χ0n) is 24.5. The van der Waals surface area contributed by atoms with Crippen LogP contribution in [-0.4, -0.2) is 177 Å². The highest BCUT2D eigenvalue weighted by molar-refractivity contribution is 7.68. The van der Waals surface area contributed by atoms with Gasteiger partial charge in [0.25, 0.3) is 0 Å². The molecule has 10 nitrogen and oxygen atoms in total. The van der Waals surface area contributed by atoms with Crippen molar-refractivity contribution in [1.82, 2.24) is 28.0 Å². The van der Waals surface area contributed by atoms with Crippen LogP contribution >= 0.6 is 15.4 Å². The second-order valence-corrected chi connectivity index (χ2v) is 17.3.